The van der Waals surface area contributed by atoms with E-state index in [1.807, 2.05) is 4.90 Å². The second kappa shape index (κ2) is 8.75. The molecule has 0 radical (unpaired) electrons. The van der Waals surface area contributed by atoms with Crippen LogP contribution in [-0.4, -0.2) is 69.2 Å². The number of thioether (sulfide) groups is 1. The summed E-state index contributed by atoms with van der Waals surface area (Å²) in [5, 5.41) is 14.2. The Labute approximate surface area is 163 Å². The predicted octanol–water partition coefficient (Wildman–Crippen LogP) is 2.13. The van der Waals surface area contributed by atoms with Gasteiger partial charge in [0.15, 0.2) is 0 Å². The van der Waals surface area contributed by atoms with Crippen LogP contribution in [0.5, 0.6) is 0 Å². The van der Waals surface area contributed by atoms with Crippen LogP contribution in [0.1, 0.15) is 24.0 Å². The first kappa shape index (κ1) is 18.3. The number of nitrogens with one attached hydrogen (secondary N) is 2. The molecule has 27 heavy (non-hydrogen) atoms. The summed E-state index contributed by atoms with van der Waals surface area (Å²) in [5.74, 6) is 0.794. The van der Waals surface area contributed by atoms with Gasteiger partial charge in [-0.2, -0.15) is 10.3 Å². The number of nitrogens with zero attached hydrogens (tertiary/aromatic N) is 4. The Hall–Kier alpha value is -2.06. The molecule has 2 aromatic rings. The highest BCUT2D eigenvalue weighted by Gasteiger charge is 2.28. The van der Waals surface area contributed by atoms with Gasteiger partial charge in [-0.15, -0.1) is 16.9 Å². The number of urea groups is 1. The van der Waals surface area contributed by atoms with Crippen LogP contribution < -0.4 is 5.32 Å². The maximum absolute atomic E-state index is 12.4. The van der Waals surface area contributed by atoms with E-state index in [2.05, 4.69) is 49.9 Å². The van der Waals surface area contributed by atoms with E-state index >= 15 is 0 Å². The molecule has 7 nitrogen and oxygen atoms in total. The highest BCUT2D eigenvalue weighted by atomic mass is 32.2. The minimum Gasteiger partial charge on any atom is -0.337 e. The van der Waals surface area contributed by atoms with Gasteiger partial charge in [-0.25, -0.2) is 4.79 Å². The van der Waals surface area contributed by atoms with Crippen LogP contribution in [0, 0.1) is 0 Å². The number of likely N-dealkylation sites (tertiary alicyclic amines) is 1. The van der Waals surface area contributed by atoms with Crippen LogP contribution in [-0.2, 0) is 13.0 Å². The molecular weight excluding hydrogens is 360 g/mol. The normalized spacial score (nSPS) is 18.3. The van der Waals surface area contributed by atoms with Crippen molar-refractivity contribution in [3.63, 3.8) is 0 Å². The molecule has 2 N–H and O–H groups in total. The number of carbonyl (C=O) groups is 1. The van der Waals surface area contributed by atoms with Crippen LogP contribution in [0.15, 0.2) is 35.5 Å². The number of hydrogen-bond donors (Lipinski definition) is 2. The predicted molar refractivity (Wildman–Crippen MR) is 106 cm³/mol. The van der Waals surface area contributed by atoms with Gasteiger partial charge in [-0.3, -0.25) is 4.90 Å². The molecule has 0 bridgehead atoms. The summed E-state index contributed by atoms with van der Waals surface area (Å²) in [5.41, 5.74) is 2.96. The first-order valence-electron chi connectivity index (χ1n) is 9.62. The highest BCUT2D eigenvalue weighted by molar-refractivity contribution is 7.99. The number of hydrogen-bond acceptors (Lipinski definition) is 5. The lowest BCUT2D eigenvalue weighted by Gasteiger charge is -2.40. The van der Waals surface area contributed by atoms with E-state index in [4.69, 9.17) is 0 Å². The minimum atomic E-state index is 0.0539. The third kappa shape index (κ3) is 4.62. The molecule has 3 heterocycles. The number of aromatic amines is 1. The molecule has 2 amide bonds. The summed E-state index contributed by atoms with van der Waals surface area (Å²) in [7, 11) is 0. The summed E-state index contributed by atoms with van der Waals surface area (Å²) < 4.78 is 0. The molecule has 0 aliphatic carbocycles. The third-order valence-corrected chi connectivity index (χ3v) is 6.35. The van der Waals surface area contributed by atoms with Gasteiger partial charge >= 0.3 is 6.03 Å². The Morgan fingerprint density at radius 3 is 2.81 bits per heavy atom. The standard InChI is InChI=1S/C19H26N6OS/c26-19(20-8-12-27-18-13-21-23-22-18)24-10-6-17(7-11-24)25-9-5-15-3-1-2-4-16(15)14-25/h1-4,13,17H,5-12,14H2,(H,20,26)(H,21,22,23). The number of fused-ring (bicyclic) bond motifs is 1. The molecule has 1 fully saturated rings. The van der Waals surface area contributed by atoms with E-state index in [9.17, 15) is 4.79 Å². The van der Waals surface area contributed by atoms with Crippen molar-refractivity contribution >= 4 is 17.8 Å². The molecule has 1 aromatic carbocycles. The molecule has 1 saturated heterocycles. The van der Waals surface area contributed by atoms with Crippen LogP contribution >= 0.6 is 11.8 Å². The van der Waals surface area contributed by atoms with E-state index in [-0.39, 0.29) is 6.03 Å². The summed E-state index contributed by atoms with van der Waals surface area (Å²) in [6.45, 7) is 4.49. The topological polar surface area (TPSA) is 77.1 Å². The van der Waals surface area contributed by atoms with E-state index in [1.165, 1.54) is 11.1 Å². The fourth-order valence-electron chi connectivity index (χ4n) is 3.95. The van der Waals surface area contributed by atoms with E-state index in [0.29, 0.717) is 12.6 Å². The molecule has 0 atom stereocenters. The molecule has 0 spiro atoms. The largest absolute Gasteiger partial charge is 0.337 e. The number of aromatic nitrogens is 3. The molecule has 144 valence electrons. The summed E-state index contributed by atoms with van der Waals surface area (Å²) in [4.78, 5) is 16.9. The van der Waals surface area contributed by atoms with Gasteiger partial charge in [0, 0.05) is 44.5 Å². The Balaban J connectivity index is 1.18. The van der Waals surface area contributed by atoms with Crippen LogP contribution in [0.3, 0.4) is 0 Å². The van der Waals surface area contributed by atoms with Gasteiger partial charge in [-0.05, 0) is 30.4 Å². The lowest BCUT2D eigenvalue weighted by molar-refractivity contribution is 0.107. The maximum Gasteiger partial charge on any atom is 0.317 e. The molecule has 2 aliphatic rings. The van der Waals surface area contributed by atoms with Crippen molar-refractivity contribution < 1.29 is 4.79 Å². The zero-order chi connectivity index (χ0) is 18.5. The minimum absolute atomic E-state index is 0.0539. The zero-order valence-corrected chi connectivity index (χ0v) is 16.2. The Kier molecular flexibility index (Phi) is 5.94. The Morgan fingerprint density at radius 1 is 1.22 bits per heavy atom. The molecule has 1 aromatic heterocycles. The van der Waals surface area contributed by atoms with Crippen molar-refractivity contribution in [1.29, 1.82) is 0 Å². The van der Waals surface area contributed by atoms with Crippen LogP contribution in [0.4, 0.5) is 4.79 Å². The molecule has 4 rings (SSSR count). The van der Waals surface area contributed by atoms with Gasteiger partial charge in [0.1, 0.15) is 5.03 Å². The number of H-pyrrole nitrogens is 1. The van der Waals surface area contributed by atoms with E-state index in [1.54, 1.807) is 18.0 Å². The van der Waals surface area contributed by atoms with Crippen molar-refractivity contribution in [2.75, 3.05) is 31.9 Å². The quantitative estimate of drug-likeness (QED) is 0.608. The van der Waals surface area contributed by atoms with Crippen molar-refractivity contribution in [1.82, 2.24) is 30.5 Å². The van der Waals surface area contributed by atoms with Gasteiger partial charge < -0.3 is 10.2 Å². The fraction of sp³-hybridized carbons (Fsp3) is 0.526. The Morgan fingerprint density at radius 2 is 2.04 bits per heavy atom. The van der Waals surface area contributed by atoms with Crippen LogP contribution in [0.25, 0.3) is 0 Å². The number of amides is 2. The number of carbonyl (C=O) groups excluding carboxylic acids is 1. The maximum atomic E-state index is 12.4. The lowest BCUT2D eigenvalue weighted by Crippen LogP contribution is -2.50. The lowest BCUT2D eigenvalue weighted by atomic mass is 9.95. The summed E-state index contributed by atoms with van der Waals surface area (Å²) >= 11 is 1.58. The monoisotopic (exact) mass is 386 g/mol. The number of benzene rings is 1. The third-order valence-electron chi connectivity index (χ3n) is 5.45. The second-order valence-corrected chi connectivity index (χ2v) is 8.21. The van der Waals surface area contributed by atoms with Gasteiger partial charge in [-0.1, -0.05) is 24.3 Å². The first-order chi connectivity index (χ1) is 13.3. The summed E-state index contributed by atoms with van der Waals surface area (Å²) in [6.07, 6.45) is 4.95. The smallest absolute Gasteiger partial charge is 0.317 e. The van der Waals surface area contributed by atoms with Gasteiger partial charge in [0.25, 0.3) is 0 Å². The van der Waals surface area contributed by atoms with Crippen molar-refractivity contribution in [2.45, 2.75) is 36.9 Å². The zero-order valence-electron chi connectivity index (χ0n) is 15.4. The fourth-order valence-corrected chi connectivity index (χ4v) is 4.60. The SMILES string of the molecule is O=C(NCCSc1cn[nH]n1)N1CCC(N2CCc3ccccc3C2)CC1. The molecular formula is C19H26N6OS. The highest BCUT2D eigenvalue weighted by Crippen LogP contribution is 2.24. The van der Waals surface area contributed by atoms with Crippen LogP contribution in [0.2, 0.25) is 0 Å². The molecule has 0 unspecified atom stereocenters. The molecule has 8 heteroatoms. The van der Waals surface area contributed by atoms with Crippen molar-refractivity contribution in [2.24, 2.45) is 0 Å². The second-order valence-electron chi connectivity index (χ2n) is 7.10. The average Bonchev–Trinajstić information content (AvgIpc) is 3.24. The van der Waals surface area contributed by atoms with Gasteiger partial charge in [0.05, 0.1) is 6.20 Å². The summed E-state index contributed by atoms with van der Waals surface area (Å²) in [6, 6.07) is 9.41. The number of rotatable bonds is 5. The Bertz CT molecular complexity index is 744. The van der Waals surface area contributed by atoms with E-state index < -0.39 is 0 Å². The van der Waals surface area contributed by atoms with Gasteiger partial charge in [0.2, 0.25) is 0 Å². The van der Waals surface area contributed by atoms with Crippen molar-refractivity contribution in [3.8, 4) is 0 Å². The number of piperidine rings is 1. The first-order valence-corrected chi connectivity index (χ1v) is 10.6. The molecule has 2 aliphatic heterocycles. The average molecular weight is 387 g/mol. The van der Waals surface area contributed by atoms with E-state index in [0.717, 1.165) is 56.2 Å². The molecule has 0 saturated carbocycles. The van der Waals surface area contributed by atoms with Crippen molar-refractivity contribution in [3.05, 3.63) is 41.6 Å².